The molecule has 5 heteroatoms. The standard InChI is InChI=1S/C19H34N4.HI/c1-17-11-10-12-18(15-17)16-22-19(20-2)21-13-8-6-5-7-9-14-23(3)4;/h10-12,15H,5-9,13-14,16H2,1-4H3,(H2,20,21,22);1H. The summed E-state index contributed by atoms with van der Waals surface area (Å²) < 4.78 is 0. The Hall–Kier alpha value is -0.820. The third-order valence-electron chi connectivity index (χ3n) is 3.84. The minimum Gasteiger partial charge on any atom is -0.356 e. The summed E-state index contributed by atoms with van der Waals surface area (Å²) in [6.45, 7) is 5.12. The maximum Gasteiger partial charge on any atom is 0.191 e. The fraction of sp³-hybridized carbons (Fsp3) is 0.632. The number of guanidine groups is 1. The van der Waals surface area contributed by atoms with E-state index >= 15 is 0 Å². The molecule has 0 unspecified atom stereocenters. The van der Waals surface area contributed by atoms with E-state index in [0.29, 0.717) is 0 Å². The van der Waals surface area contributed by atoms with E-state index in [2.05, 4.69) is 65.8 Å². The van der Waals surface area contributed by atoms with Gasteiger partial charge in [-0.25, -0.2) is 0 Å². The van der Waals surface area contributed by atoms with Crippen molar-refractivity contribution in [2.75, 3.05) is 34.2 Å². The number of nitrogens with one attached hydrogen (secondary N) is 2. The lowest BCUT2D eigenvalue weighted by Crippen LogP contribution is -2.37. The number of aryl methyl sites for hydroxylation is 1. The van der Waals surface area contributed by atoms with Crippen LogP contribution in [0.3, 0.4) is 0 Å². The second-order valence-corrected chi connectivity index (χ2v) is 6.41. The van der Waals surface area contributed by atoms with Crippen LogP contribution in [0.25, 0.3) is 0 Å². The summed E-state index contributed by atoms with van der Waals surface area (Å²) in [6, 6.07) is 8.56. The van der Waals surface area contributed by atoms with Crippen LogP contribution in [0.1, 0.15) is 43.2 Å². The van der Waals surface area contributed by atoms with Crippen molar-refractivity contribution in [3.05, 3.63) is 35.4 Å². The molecular formula is C19H35IN4. The molecule has 24 heavy (non-hydrogen) atoms. The maximum atomic E-state index is 4.28. The SMILES string of the molecule is CN=C(NCCCCCCCN(C)C)NCc1cccc(C)c1.I. The molecule has 0 aliphatic carbocycles. The van der Waals surface area contributed by atoms with Crippen molar-refractivity contribution in [1.82, 2.24) is 15.5 Å². The summed E-state index contributed by atoms with van der Waals surface area (Å²) in [5.74, 6) is 0.888. The largest absolute Gasteiger partial charge is 0.356 e. The molecule has 1 rings (SSSR count). The Morgan fingerprint density at radius 3 is 2.42 bits per heavy atom. The highest BCUT2D eigenvalue weighted by Gasteiger charge is 1.98. The molecule has 0 amide bonds. The average molecular weight is 446 g/mol. The first-order valence-electron chi connectivity index (χ1n) is 8.76. The van der Waals surface area contributed by atoms with Crippen LogP contribution in [0, 0.1) is 6.92 Å². The molecule has 2 N–H and O–H groups in total. The lowest BCUT2D eigenvalue weighted by Gasteiger charge is -2.12. The summed E-state index contributed by atoms with van der Waals surface area (Å²) >= 11 is 0. The third-order valence-corrected chi connectivity index (χ3v) is 3.84. The molecule has 0 fully saturated rings. The van der Waals surface area contributed by atoms with Gasteiger partial charge in [-0.1, -0.05) is 49.1 Å². The zero-order valence-electron chi connectivity index (χ0n) is 15.8. The van der Waals surface area contributed by atoms with Gasteiger partial charge in [0.2, 0.25) is 0 Å². The van der Waals surface area contributed by atoms with Crippen LogP contribution in [0.15, 0.2) is 29.3 Å². The summed E-state index contributed by atoms with van der Waals surface area (Å²) in [7, 11) is 6.10. The van der Waals surface area contributed by atoms with E-state index in [1.165, 1.54) is 49.8 Å². The van der Waals surface area contributed by atoms with Crippen molar-refractivity contribution in [2.24, 2.45) is 4.99 Å². The van der Waals surface area contributed by atoms with Gasteiger partial charge in [0.1, 0.15) is 0 Å². The molecule has 138 valence electrons. The number of aliphatic imine (C=N–C) groups is 1. The van der Waals surface area contributed by atoms with Gasteiger partial charge in [0.15, 0.2) is 5.96 Å². The van der Waals surface area contributed by atoms with Crippen molar-refractivity contribution in [3.8, 4) is 0 Å². The van der Waals surface area contributed by atoms with Gasteiger partial charge >= 0.3 is 0 Å². The predicted octanol–water partition coefficient (Wildman–Crippen LogP) is 3.79. The van der Waals surface area contributed by atoms with Crippen molar-refractivity contribution in [2.45, 2.75) is 45.6 Å². The van der Waals surface area contributed by atoms with Gasteiger partial charge in [-0.3, -0.25) is 4.99 Å². The molecule has 0 radical (unpaired) electrons. The van der Waals surface area contributed by atoms with Gasteiger partial charge in [0.25, 0.3) is 0 Å². The lowest BCUT2D eigenvalue weighted by molar-refractivity contribution is 0.389. The van der Waals surface area contributed by atoms with Crippen LogP contribution in [0.4, 0.5) is 0 Å². The van der Waals surface area contributed by atoms with Crippen LogP contribution < -0.4 is 10.6 Å². The Kier molecular flexibility index (Phi) is 14.0. The number of hydrogen-bond acceptors (Lipinski definition) is 2. The second kappa shape index (κ2) is 14.5. The lowest BCUT2D eigenvalue weighted by atomic mass is 10.1. The van der Waals surface area contributed by atoms with Gasteiger partial charge in [0, 0.05) is 20.1 Å². The summed E-state index contributed by atoms with van der Waals surface area (Å²) in [4.78, 5) is 6.54. The topological polar surface area (TPSA) is 39.7 Å². The van der Waals surface area contributed by atoms with Gasteiger partial charge in [-0.15, -0.1) is 24.0 Å². The predicted molar refractivity (Wildman–Crippen MR) is 116 cm³/mol. The molecule has 0 bridgehead atoms. The van der Waals surface area contributed by atoms with Crippen molar-refractivity contribution >= 4 is 29.9 Å². The number of nitrogens with zero attached hydrogens (tertiary/aromatic N) is 2. The minimum atomic E-state index is 0. The van der Waals surface area contributed by atoms with Crippen molar-refractivity contribution in [3.63, 3.8) is 0 Å². The summed E-state index contributed by atoms with van der Waals surface area (Å²) in [5, 5.41) is 6.76. The number of hydrogen-bond donors (Lipinski definition) is 2. The molecule has 0 saturated heterocycles. The van der Waals surface area contributed by atoms with Gasteiger partial charge in [-0.05, 0) is 46.0 Å². The van der Waals surface area contributed by atoms with E-state index in [0.717, 1.165) is 19.0 Å². The first-order chi connectivity index (χ1) is 11.1. The molecule has 0 heterocycles. The van der Waals surface area contributed by atoms with Gasteiger partial charge in [-0.2, -0.15) is 0 Å². The fourth-order valence-electron chi connectivity index (χ4n) is 2.52. The Balaban J connectivity index is 0.00000529. The Morgan fingerprint density at radius 2 is 1.75 bits per heavy atom. The van der Waals surface area contributed by atoms with Crippen molar-refractivity contribution < 1.29 is 0 Å². The van der Waals surface area contributed by atoms with Crippen LogP contribution in [0.5, 0.6) is 0 Å². The van der Waals surface area contributed by atoms with Crippen LogP contribution in [-0.2, 0) is 6.54 Å². The molecule has 1 aromatic rings. The monoisotopic (exact) mass is 446 g/mol. The number of halogens is 1. The fourth-order valence-corrected chi connectivity index (χ4v) is 2.52. The van der Waals surface area contributed by atoms with Gasteiger partial charge < -0.3 is 15.5 Å². The highest BCUT2D eigenvalue weighted by molar-refractivity contribution is 14.0. The molecule has 0 aliphatic rings. The first-order valence-corrected chi connectivity index (χ1v) is 8.76. The summed E-state index contributed by atoms with van der Waals surface area (Å²) in [5.41, 5.74) is 2.58. The van der Waals surface area contributed by atoms with Crippen molar-refractivity contribution in [1.29, 1.82) is 0 Å². The van der Waals surface area contributed by atoms with E-state index in [-0.39, 0.29) is 24.0 Å². The summed E-state index contributed by atoms with van der Waals surface area (Å²) in [6.07, 6.45) is 6.45. The van der Waals surface area contributed by atoms with E-state index < -0.39 is 0 Å². The molecule has 1 aromatic carbocycles. The van der Waals surface area contributed by atoms with Crippen LogP contribution in [0.2, 0.25) is 0 Å². The quantitative estimate of drug-likeness (QED) is 0.249. The molecule has 0 spiro atoms. The van der Waals surface area contributed by atoms with E-state index in [4.69, 9.17) is 0 Å². The highest BCUT2D eigenvalue weighted by atomic mass is 127. The molecule has 0 aromatic heterocycles. The third kappa shape index (κ3) is 11.7. The smallest absolute Gasteiger partial charge is 0.191 e. The van der Waals surface area contributed by atoms with Crippen LogP contribution >= 0.6 is 24.0 Å². The van der Waals surface area contributed by atoms with E-state index in [1.807, 2.05) is 7.05 Å². The number of unbranched alkanes of at least 4 members (excludes halogenated alkanes) is 4. The highest BCUT2D eigenvalue weighted by Crippen LogP contribution is 2.04. The molecular weight excluding hydrogens is 411 g/mol. The zero-order chi connectivity index (χ0) is 16.9. The minimum absolute atomic E-state index is 0. The Bertz CT molecular complexity index is 460. The number of benzene rings is 1. The Morgan fingerprint density at radius 1 is 1.04 bits per heavy atom. The Labute approximate surface area is 165 Å². The molecule has 0 atom stereocenters. The first kappa shape index (κ1) is 23.2. The van der Waals surface area contributed by atoms with Gasteiger partial charge in [0.05, 0.1) is 0 Å². The second-order valence-electron chi connectivity index (χ2n) is 6.41. The molecule has 0 saturated carbocycles. The van der Waals surface area contributed by atoms with E-state index in [1.54, 1.807) is 0 Å². The normalized spacial score (nSPS) is 11.3. The number of rotatable bonds is 10. The maximum absolute atomic E-state index is 4.28. The van der Waals surface area contributed by atoms with E-state index in [9.17, 15) is 0 Å². The molecule has 4 nitrogen and oxygen atoms in total. The average Bonchev–Trinajstić information content (AvgIpc) is 2.52. The van der Waals surface area contributed by atoms with Crippen LogP contribution in [-0.4, -0.2) is 45.1 Å². The molecule has 0 aliphatic heterocycles. The zero-order valence-corrected chi connectivity index (χ0v) is 18.1.